The third-order valence-electron chi connectivity index (χ3n) is 7.59. The van der Waals surface area contributed by atoms with Crippen LogP contribution in [0.1, 0.15) is 46.7 Å². The number of aliphatic carboxylic acids is 1. The van der Waals surface area contributed by atoms with E-state index in [0.29, 0.717) is 62.0 Å². The molecule has 1 aromatic heterocycles. The fourth-order valence-corrected chi connectivity index (χ4v) is 5.51. The summed E-state index contributed by atoms with van der Waals surface area (Å²) in [6, 6.07) is 18.9. The maximum Gasteiger partial charge on any atom is 0.310 e. The van der Waals surface area contributed by atoms with Gasteiger partial charge in [-0.15, -0.1) is 0 Å². The molecule has 3 heterocycles. The van der Waals surface area contributed by atoms with Crippen LogP contribution < -0.4 is 4.74 Å². The molecule has 1 unspecified atom stereocenters. The second-order valence-corrected chi connectivity index (χ2v) is 9.46. The van der Waals surface area contributed by atoms with Crippen LogP contribution in [0.25, 0.3) is 11.3 Å². The van der Waals surface area contributed by atoms with Crippen molar-refractivity contribution >= 4 is 11.9 Å². The lowest BCUT2D eigenvalue weighted by molar-refractivity contribution is -0.155. The standard InChI is InChI=1S/C28H26N2O5/c31-26(30-14-16-34-17-15-30)19-8-6-18(7-9-19)22-11-10-21-24(28(27(32)33)12-3-13-28)20-4-1-2-5-23(20)35-25(21)29-22/h1-2,4-11,24H,3,12-17H2,(H,32,33). The van der Waals surface area contributed by atoms with E-state index in [1.165, 1.54) is 0 Å². The van der Waals surface area contributed by atoms with Crippen LogP contribution in [0.2, 0.25) is 0 Å². The van der Waals surface area contributed by atoms with Crippen molar-refractivity contribution in [1.29, 1.82) is 0 Å². The van der Waals surface area contributed by atoms with Gasteiger partial charge in [0.1, 0.15) is 5.75 Å². The van der Waals surface area contributed by atoms with Gasteiger partial charge in [0.05, 0.1) is 24.3 Å². The van der Waals surface area contributed by atoms with E-state index in [0.717, 1.165) is 23.1 Å². The summed E-state index contributed by atoms with van der Waals surface area (Å²) in [6.45, 7) is 2.34. The number of pyridine rings is 1. The van der Waals surface area contributed by atoms with E-state index in [9.17, 15) is 14.7 Å². The average Bonchev–Trinajstić information content (AvgIpc) is 2.87. The topological polar surface area (TPSA) is 89.0 Å². The number of rotatable bonds is 4. The summed E-state index contributed by atoms with van der Waals surface area (Å²) >= 11 is 0. The molecule has 35 heavy (non-hydrogen) atoms. The fourth-order valence-electron chi connectivity index (χ4n) is 5.51. The molecular weight excluding hydrogens is 444 g/mol. The highest BCUT2D eigenvalue weighted by atomic mass is 16.5. The number of hydrogen-bond donors (Lipinski definition) is 1. The van der Waals surface area contributed by atoms with Crippen LogP contribution in [0, 0.1) is 5.41 Å². The van der Waals surface area contributed by atoms with E-state index in [-0.39, 0.29) is 11.8 Å². The molecule has 2 aromatic carbocycles. The number of carboxylic acids is 1. The summed E-state index contributed by atoms with van der Waals surface area (Å²) in [5.41, 5.74) is 3.09. The van der Waals surface area contributed by atoms with Gasteiger partial charge in [-0.1, -0.05) is 42.8 Å². The number of para-hydroxylation sites is 1. The Labute approximate surface area is 203 Å². The Hall–Kier alpha value is -3.71. The molecule has 3 aromatic rings. The number of aromatic nitrogens is 1. The minimum Gasteiger partial charge on any atom is -0.481 e. The molecule has 1 N–H and O–H groups in total. The third-order valence-corrected chi connectivity index (χ3v) is 7.59. The lowest BCUT2D eigenvalue weighted by atomic mass is 9.57. The van der Waals surface area contributed by atoms with Crippen molar-refractivity contribution in [3.63, 3.8) is 0 Å². The SMILES string of the molecule is O=C(c1ccc(-c2ccc3c(n2)Oc2ccccc2C3C2(C(=O)O)CCC2)cc1)N1CCOCC1. The average molecular weight is 471 g/mol. The largest absolute Gasteiger partial charge is 0.481 e. The van der Waals surface area contributed by atoms with Gasteiger partial charge in [-0.3, -0.25) is 9.59 Å². The minimum absolute atomic E-state index is 0.000462. The molecule has 2 fully saturated rings. The van der Waals surface area contributed by atoms with E-state index in [1.54, 1.807) is 4.90 Å². The molecule has 2 aliphatic heterocycles. The van der Waals surface area contributed by atoms with Crippen LogP contribution in [0.5, 0.6) is 11.6 Å². The summed E-state index contributed by atoms with van der Waals surface area (Å²) in [5, 5.41) is 10.2. The van der Waals surface area contributed by atoms with Gasteiger partial charge in [0.15, 0.2) is 0 Å². The van der Waals surface area contributed by atoms with Crippen molar-refractivity contribution in [2.45, 2.75) is 25.2 Å². The summed E-state index contributed by atoms with van der Waals surface area (Å²) in [4.78, 5) is 31.8. The maximum atomic E-state index is 12.8. The van der Waals surface area contributed by atoms with E-state index in [4.69, 9.17) is 14.5 Å². The first-order valence-corrected chi connectivity index (χ1v) is 12.1. The number of fused-ring (bicyclic) bond motifs is 2. The highest BCUT2D eigenvalue weighted by Crippen LogP contribution is 2.59. The van der Waals surface area contributed by atoms with Gasteiger partial charge in [0.25, 0.3) is 5.91 Å². The number of carboxylic acid groups (broad SMARTS) is 1. The van der Waals surface area contributed by atoms with Gasteiger partial charge in [0.2, 0.25) is 5.88 Å². The molecule has 1 atom stereocenters. The van der Waals surface area contributed by atoms with E-state index in [1.807, 2.05) is 60.7 Å². The van der Waals surface area contributed by atoms with Crippen LogP contribution in [-0.2, 0) is 9.53 Å². The molecule has 178 valence electrons. The van der Waals surface area contributed by atoms with Gasteiger partial charge in [-0.05, 0) is 37.1 Å². The Kier molecular flexibility index (Phi) is 5.29. The predicted molar refractivity (Wildman–Crippen MR) is 129 cm³/mol. The maximum absolute atomic E-state index is 12.8. The van der Waals surface area contributed by atoms with Crippen LogP contribution in [-0.4, -0.2) is 53.2 Å². The normalized spacial score (nSPS) is 20.1. The van der Waals surface area contributed by atoms with Crippen molar-refractivity contribution in [3.05, 3.63) is 77.4 Å². The van der Waals surface area contributed by atoms with Crippen molar-refractivity contribution in [3.8, 4) is 22.9 Å². The molecule has 7 heteroatoms. The van der Waals surface area contributed by atoms with Gasteiger partial charge in [-0.25, -0.2) is 4.98 Å². The lowest BCUT2D eigenvalue weighted by Crippen LogP contribution is -2.44. The predicted octanol–water partition coefficient (Wildman–Crippen LogP) is 4.71. The smallest absolute Gasteiger partial charge is 0.310 e. The molecule has 0 spiro atoms. The zero-order valence-electron chi connectivity index (χ0n) is 19.3. The summed E-state index contributed by atoms with van der Waals surface area (Å²) in [7, 11) is 0. The Balaban J connectivity index is 1.34. The monoisotopic (exact) mass is 470 g/mol. The zero-order chi connectivity index (χ0) is 24.0. The van der Waals surface area contributed by atoms with Gasteiger partial charge >= 0.3 is 5.97 Å². The van der Waals surface area contributed by atoms with Gasteiger partial charge < -0.3 is 19.5 Å². The molecule has 0 radical (unpaired) electrons. The summed E-state index contributed by atoms with van der Waals surface area (Å²) < 4.78 is 11.5. The second-order valence-electron chi connectivity index (χ2n) is 9.46. The zero-order valence-corrected chi connectivity index (χ0v) is 19.3. The molecule has 1 saturated heterocycles. The third kappa shape index (κ3) is 3.58. The summed E-state index contributed by atoms with van der Waals surface area (Å²) in [6.07, 6.45) is 2.19. The highest BCUT2D eigenvalue weighted by molar-refractivity contribution is 5.94. The van der Waals surface area contributed by atoms with Crippen LogP contribution in [0.3, 0.4) is 0 Å². The highest BCUT2D eigenvalue weighted by Gasteiger charge is 2.54. The van der Waals surface area contributed by atoms with Crippen LogP contribution in [0.4, 0.5) is 0 Å². The van der Waals surface area contributed by atoms with Gasteiger partial charge in [-0.2, -0.15) is 0 Å². The number of carbonyl (C=O) groups is 2. The Bertz CT molecular complexity index is 1290. The number of benzene rings is 2. The molecular formula is C28H26N2O5. The number of amides is 1. The number of nitrogens with zero attached hydrogens (tertiary/aromatic N) is 2. The minimum atomic E-state index is -0.834. The number of carbonyl (C=O) groups excluding carboxylic acids is 1. The van der Waals surface area contributed by atoms with Crippen LogP contribution in [0.15, 0.2) is 60.7 Å². The summed E-state index contributed by atoms with van der Waals surface area (Å²) in [5.74, 6) is 0.0473. The molecule has 3 aliphatic rings. The lowest BCUT2D eigenvalue weighted by Gasteiger charge is -2.46. The van der Waals surface area contributed by atoms with E-state index in [2.05, 4.69) is 0 Å². The fraction of sp³-hybridized carbons (Fsp3) is 0.321. The van der Waals surface area contributed by atoms with Gasteiger partial charge in [0, 0.05) is 41.3 Å². The Morgan fingerprint density at radius 2 is 1.69 bits per heavy atom. The molecule has 7 nitrogen and oxygen atoms in total. The molecule has 1 aliphatic carbocycles. The quantitative estimate of drug-likeness (QED) is 0.594. The first-order valence-electron chi connectivity index (χ1n) is 12.1. The van der Waals surface area contributed by atoms with Crippen molar-refractivity contribution in [1.82, 2.24) is 9.88 Å². The molecule has 6 rings (SSSR count). The Morgan fingerprint density at radius 3 is 2.37 bits per heavy atom. The number of ether oxygens (including phenoxy) is 2. The van der Waals surface area contributed by atoms with Crippen molar-refractivity contribution in [2.75, 3.05) is 26.3 Å². The molecule has 1 amide bonds. The van der Waals surface area contributed by atoms with Crippen molar-refractivity contribution < 1.29 is 24.2 Å². The van der Waals surface area contributed by atoms with E-state index < -0.39 is 11.4 Å². The second kappa shape index (κ2) is 8.50. The number of hydrogen-bond acceptors (Lipinski definition) is 5. The first-order chi connectivity index (χ1) is 17.1. The van der Waals surface area contributed by atoms with E-state index >= 15 is 0 Å². The Morgan fingerprint density at radius 1 is 0.943 bits per heavy atom. The van der Waals surface area contributed by atoms with Crippen LogP contribution >= 0.6 is 0 Å². The molecule has 1 saturated carbocycles. The first kappa shape index (κ1) is 21.8. The van der Waals surface area contributed by atoms with Crippen molar-refractivity contribution in [2.24, 2.45) is 5.41 Å². The number of morpholine rings is 1. The molecule has 0 bridgehead atoms.